The summed E-state index contributed by atoms with van der Waals surface area (Å²) in [6, 6.07) is -0.00507. The molecule has 13 heteroatoms. The Hall–Kier alpha value is -3.22. The maximum atomic E-state index is 15.6. The number of aromatic nitrogens is 2. The molecule has 1 amide bonds. The Kier molecular flexibility index (Phi) is 6.07. The molecule has 0 unspecified atom stereocenters. The summed E-state index contributed by atoms with van der Waals surface area (Å²) in [6.07, 6.45) is -3.84. The standard InChI is InChI=1S/C30H34F5N5O3/c1-16-9-29-11-18(39(14-29)26(41)43-27(2,3)4)13-40(29)24-22-21(16)19(30(33,34)35)8-20(32)23(22)36-25(37-24)42-15-28-6-5-7-38(28)12-17(31)10-28/h8,17-18H,1,5-7,9-15H2,2-4H3/t17-,18-,28+,29-/m1/s1. The topological polar surface area (TPSA) is 71.0 Å². The zero-order chi connectivity index (χ0) is 30.7. The maximum Gasteiger partial charge on any atom is 0.417 e. The summed E-state index contributed by atoms with van der Waals surface area (Å²) in [5, 5.41) is -0.0664. The summed E-state index contributed by atoms with van der Waals surface area (Å²) >= 11 is 0. The number of hydrogen-bond acceptors (Lipinski definition) is 7. The number of amides is 1. The highest BCUT2D eigenvalue weighted by Crippen LogP contribution is 2.54. The third-order valence-corrected chi connectivity index (χ3v) is 9.69. The lowest BCUT2D eigenvalue weighted by Crippen LogP contribution is -2.56. The van der Waals surface area contributed by atoms with E-state index in [4.69, 9.17) is 9.47 Å². The Morgan fingerprint density at radius 1 is 1.19 bits per heavy atom. The molecule has 4 atom stereocenters. The van der Waals surface area contributed by atoms with Gasteiger partial charge in [-0.25, -0.2) is 13.6 Å². The summed E-state index contributed by atoms with van der Waals surface area (Å²) in [5.41, 5.74) is -3.57. The molecular weight excluding hydrogens is 573 g/mol. The maximum absolute atomic E-state index is 15.6. The van der Waals surface area contributed by atoms with Crippen LogP contribution < -0.4 is 9.64 Å². The normalized spacial score (nSPS) is 30.2. The van der Waals surface area contributed by atoms with Gasteiger partial charge in [-0.05, 0) is 64.6 Å². The first-order chi connectivity index (χ1) is 20.1. The van der Waals surface area contributed by atoms with E-state index < -0.39 is 46.5 Å². The number of carbonyl (C=O) groups excluding carboxylic acids is 1. The average molecular weight is 608 g/mol. The lowest BCUT2D eigenvalue weighted by atomic mass is 9.86. The van der Waals surface area contributed by atoms with Crippen molar-refractivity contribution in [3.05, 3.63) is 29.6 Å². The number of alkyl halides is 4. The quantitative estimate of drug-likeness (QED) is 0.413. The van der Waals surface area contributed by atoms with Crippen LogP contribution in [0.1, 0.15) is 64.0 Å². The van der Waals surface area contributed by atoms with E-state index in [0.29, 0.717) is 25.5 Å². The van der Waals surface area contributed by atoms with Gasteiger partial charge in [0.2, 0.25) is 0 Å². The van der Waals surface area contributed by atoms with Crippen LogP contribution in [0.5, 0.6) is 6.01 Å². The highest BCUT2D eigenvalue weighted by atomic mass is 19.4. The molecule has 1 aromatic carbocycles. The van der Waals surface area contributed by atoms with E-state index in [1.54, 1.807) is 25.7 Å². The summed E-state index contributed by atoms with van der Waals surface area (Å²) < 4.78 is 84.6. The second-order valence-corrected chi connectivity index (χ2v) is 13.8. The fraction of sp³-hybridized carbons (Fsp3) is 0.633. The van der Waals surface area contributed by atoms with Crippen molar-refractivity contribution < 1.29 is 36.2 Å². The minimum absolute atomic E-state index is 0.0664. The van der Waals surface area contributed by atoms with E-state index in [2.05, 4.69) is 21.4 Å². The Bertz CT molecular complexity index is 1540. The summed E-state index contributed by atoms with van der Waals surface area (Å²) in [7, 11) is 0. The van der Waals surface area contributed by atoms with Crippen LogP contribution in [0.15, 0.2) is 12.6 Å². The highest BCUT2D eigenvalue weighted by molar-refractivity contribution is 6.03. The van der Waals surface area contributed by atoms with Gasteiger partial charge in [0.25, 0.3) is 0 Å². The van der Waals surface area contributed by atoms with E-state index in [9.17, 15) is 22.4 Å². The first-order valence-corrected chi connectivity index (χ1v) is 14.7. The molecular formula is C30H34F5N5O3. The Morgan fingerprint density at radius 2 is 1.95 bits per heavy atom. The number of fused-ring (bicyclic) bond motifs is 3. The summed E-state index contributed by atoms with van der Waals surface area (Å²) in [5.74, 6) is -1.02. The third-order valence-electron chi connectivity index (χ3n) is 9.69. The second-order valence-electron chi connectivity index (χ2n) is 13.8. The van der Waals surface area contributed by atoms with Gasteiger partial charge in [0.05, 0.1) is 28.1 Å². The van der Waals surface area contributed by atoms with E-state index in [1.165, 1.54) is 0 Å². The molecule has 4 saturated heterocycles. The van der Waals surface area contributed by atoms with E-state index >= 15 is 4.39 Å². The molecule has 1 spiro atoms. The van der Waals surface area contributed by atoms with Crippen LogP contribution in [0.25, 0.3) is 16.5 Å². The van der Waals surface area contributed by atoms with Gasteiger partial charge in [-0.15, -0.1) is 0 Å². The molecule has 43 heavy (non-hydrogen) atoms. The van der Waals surface area contributed by atoms with Crippen molar-refractivity contribution in [2.45, 2.75) is 87.9 Å². The van der Waals surface area contributed by atoms with Crippen molar-refractivity contribution in [3.8, 4) is 6.01 Å². The highest BCUT2D eigenvalue weighted by Gasteiger charge is 2.59. The van der Waals surface area contributed by atoms with Crippen molar-refractivity contribution in [1.29, 1.82) is 0 Å². The minimum atomic E-state index is -4.86. The first-order valence-electron chi connectivity index (χ1n) is 14.7. The summed E-state index contributed by atoms with van der Waals surface area (Å²) in [4.78, 5) is 27.6. The molecule has 0 saturated carbocycles. The smallest absolute Gasteiger partial charge is 0.417 e. The lowest BCUT2D eigenvalue weighted by molar-refractivity contribution is -0.137. The number of piperazine rings is 1. The molecule has 4 fully saturated rings. The fourth-order valence-corrected chi connectivity index (χ4v) is 8.11. The van der Waals surface area contributed by atoms with Crippen LogP contribution in [0.4, 0.5) is 32.6 Å². The third kappa shape index (κ3) is 4.43. The van der Waals surface area contributed by atoms with Crippen molar-refractivity contribution in [1.82, 2.24) is 19.8 Å². The molecule has 0 radical (unpaired) electrons. The Balaban J connectivity index is 1.33. The van der Waals surface area contributed by atoms with E-state index in [-0.39, 0.29) is 66.0 Å². The van der Waals surface area contributed by atoms with Crippen molar-refractivity contribution in [2.75, 3.05) is 37.7 Å². The molecule has 0 N–H and O–H groups in total. The van der Waals surface area contributed by atoms with Gasteiger partial charge in [0, 0.05) is 31.6 Å². The van der Waals surface area contributed by atoms with Crippen LogP contribution in [-0.4, -0.2) is 87.5 Å². The monoisotopic (exact) mass is 607 g/mol. The van der Waals surface area contributed by atoms with Gasteiger partial charge >= 0.3 is 18.3 Å². The average Bonchev–Trinajstić information content (AvgIpc) is 3.61. The van der Waals surface area contributed by atoms with Gasteiger partial charge < -0.3 is 19.3 Å². The number of halogens is 5. The van der Waals surface area contributed by atoms with Crippen LogP contribution in [0.2, 0.25) is 0 Å². The van der Waals surface area contributed by atoms with Gasteiger partial charge in [0.1, 0.15) is 35.5 Å². The first kappa shape index (κ1) is 28.5. The van der Waals surface area contributed by atoms with Crippen molar-refractivity contribution in [2.24, 2.45) is 0 Å². The zero-order valence-electron chi connectivity index (χ0n) is 24.4. The van der Waals surface area contributed by atoms with Crippen molar-refractivity contribution >= 4 is 28.4 Å². The number of ether oxygens (including phenoxy) is 2. The molecule has 8 nitrogen and oxygen atoms in total. The predicted octanol–water partition coefficient (Wildman–Crippen LogP) is 5.73. The minimum Gasteiger partial charge on any atom is -0.461 e. The Morgan fingerprint density at radius 3 is 2.67 bits per heavy atom. The van der Waals surface area contributed by atoms with Gasteiger partial charge in [-0.2, -0.15) is 23.1 Å². The molecule has 7 rings (SSSR count). The fourth-order valence-electron chi connectivity index (χ4n) is 8.11. The van der Waals surface area contributed by atoms with Crippen LogP contribution in [0, 0.1) is 5.82 Å². The molecule has 5 aliphatic rings. The number of hydrogen-bond donors (Lipinski definition) is 0. The van der Waals surface area contributed by atoms with E-state index in [1.807, 2.05) is 4.90 Å². The zero-order valence-corrected chi connectivity index (χ0v) is 24.4. The van der Waals surface area contributed by atoms with Crippen molar-refractivity contribution in [3.63, 3.8) is 0 Å². The lowest BCUT2D eigenvalue weighted by Gasteiger charge is -2.42. The molecule has 0 aliphatic carbocycles. The molecule has 5 aliphatic heterocycles. The van der Waals surface area contributed by atoms with Gasteiger partial charge in [0.15, 0.2) is 0 Å². The second kappa shape index (κ2) is 9.15. The number of anilines is 1. The molecule has 6 heterocycles. The SMILES string of the molecule is C=C1C[C@]23C[C@H](CN2c2nc(OC[C@@]45CCCN4C[C@H](F)C5)nc4c(F)cc(C(F)(F)F)c1c24)N(C(=O)OC(C)(C)C)C3. The van der Waals surface area contributed by atoms with E-state index in [0.717, 1.165) is 19.4 Å². The number of benzene rings is 1. The molecule has 2 bridgehead atoms. The van der Waals surface area contributed by atoms with Gasteiger partial charge in [-0.1, -0.05) is 6.58 Å². The number of rotatable bonds is 3. The largest absolute Gasteiger partial charge is 0.461 e. The van der Waals surface area contributed by atoms with Crippen LogP contribution in [-0.2, 0) is 10.9 Å². The van der Waals surface area contributed by atoms with Crippen LogP contribution >= 0.6 is 0 Å². The number of nitrogens with zero attached hydrogens (tertiary/aromatic N) is 5. The number of carbonyl (C=O) groups is 1. The van der Waals surface area contributed by atoms with Crippen LogP contribution in [0.3, 0.4) is 0 Å². The van der Waals surface area contributed by atoms with Gasteiger partial charge in [-0.3, -0.25) is 4.90 Å². The predicted molar refractivity (Wildman–Crippen MR) is 148 cm³/mol. The number of likely N-dealkylation sites (tertiary alicyclic amines) is 1. The molecule has 232 valence electrons. The molecule has 1 aromatic heterocycles. The Labute approximate surface area is 245 Å². The summed E-state index contributed by atoms with van der Waals surface area (Å²) in [6.45, 7) is 10.9. The molecule has 2 aromatic rings.